The summed E-state index contributed by atoms with van der Waals surface area (Å²) in [7, 11) is 4.06. The Hall–Kier alpha value is -5.33. The van der Waals surface area contributed by atoms with Crippen LogP contribution in [0.25, 0.3) is 32.6 Å². The number of nitrogens with one attached hydrogen (secondary N) is 2. The molecule has 2 aromatic heterocycles. The molecule has 312 valence electrons. The molecule has 0 bridgehead atoms. The first-order chi connectivity index (χ1) is 28.3. The highest BCUT2D eigenvalue weighted by Crippen LogP contribution is 2.30. The molecule has 1 fully saturated rings. The van der Waals surface area contributed by atoms with E-state index in [1.165, 1.54) is 0 Å². The van der Waals surface area contributed by atoms with Gasteiger partial charge in [0.2, 0.25) is 17.7 Å². The van der Waals surface area contributed by atoms with Crippen molar-refractivity contribution in [3.63, 3.8) is 0 Å². The largest absolute Gasteiger partial charge is 0.494 e. The maximum atomic E-state index is 14.0. The number of hydrogen-bond acceptors (Lipinski definition) is 9. The molecule has 6 rings (SSSR count). The van der Waals surface area contributed by atoms with Crippen LogP contribution in [0.4, 0.5) is 5.69 Å². The number of thiazole rings is 1. The number of unbranched alkanes of at least 4 members (excludes halogenated alkanes) is 2. The molecule has 11 nitrogen and oxygen atoms in total. The number of benzene rings is 3. The van der Waals surface area contributed by atoms with Crippen molar-refractivity contribution in [2.24, 2.45) is 5.41 Å². The third-order valence-corrected chi connectivity index (χ3v) is 11.8. The summed E-state index contributed by atoms with van der Waals surface area (Å²) in [5.41, 5.74) is 8.40. The van der Waals surface area contributed by atoms with Gasteiger partial charge in [0.15, 0.2) is 0 Å². The minimum Gasteiger partial charge on any atom is -0.494 e. The lowest BCUT2D eigenvalue weighted by molar-refractivity contribution is -0.144. The minimum absolute atomic E-state index is 0.145. The number of rotatable bonds is 17. The second kappa shape index (κ2) is 19.6. The van der Waals surface area contributed by atoms with Gasteiger partial charge < -0.3 is 29.9 Å². The van der Waals surface area contributed by atoms with Gasteiger partial charge in [0.25, 0.3) is 0 Å². The number of hydrogen-bond donors (Lipinski definition) is 2. The number of carbonyl (C=O) groups excluding carboxylic acids is 3. The van der Waals surface area contributed by atoms with Crippen LogP contribution in [0.5, 0.6) is 5.75 Å². The van der Waals surface area contributed by atoms with E-state index < -0.39 is 17.5 Å². The van der Waals surface area contributed by atoms with Gasteiger partial charge >= 0.3 is 0 Å². The van der Waals surface area contributed by atoms with Crippen LogP contribution in [0.3, 0.4) is 0 Å². The fourth-order valence-electron chi connectivity index (χ4n) is 7.34. The smallest absolute Gasteiger partial charge is 0.246 e. The molecule has 1 saturated heterocycles. The molecule has 3 aromatic carbocycles. The predicted molar refractivity (Wildman–Crippen MR) is 237 cm³/mol. The number of amides is 3. The van der Waals surface area contributed by atoms with Crippen molar-refractivity contribution >= 4 is 45.6 Å². The van der Waals surface area contributed by atoms with Crippen molar-refractivity contribution in [3.05, 3.63) is 95.6 Å². The van der Waals surface area contributed by atoms with Gasteiger partial charge in [-0.1, -0.05) is 63.2 Å². The number of aryl methyl sites for hydroxylation is 1. The SMILES string of the molecule is Cc1ncsc1-c1ccc([C@H](C)NC(=O)[C@@H]2CCCN2C(=O)C(NC(=O)COCCCCCOc2ccc3nc(-c4ccc(N(C)C)cc4)ccc3c2)C(C)(C)C)cc1. The van der Waals surface area contributed by atoms with E-state index >= 15 is 0 Å². The number of nitrogens with zero attached hydrogens (tertiary/aromatic N) is 4. The molecular weight excluding hydrogens is 761 g/mol. The first-order valence-electron chi connectivity index (χ1n) is 20.6. The Kier molecular flexibility index (Phi) is 14.4. The third kappa shape index (κ3) is 11.2. The molecule has 2 N–H and O–H groups in total. The summed E-state index contributed by atoms with van der Waals surface area (Å²) in [6.07, 6.45) is 3.79. The normalized spacial score (nSPS) is 15.2. The zero-order valence-electron chi connectivity index (χ0n) is 35.4. The second-order valence-corrected chi connectivity index (χ2v) is 17.5. The van der Waals surface area contributed by atoms with Gasteiger partial charge in [-0.3, -0.25) is 14.4 Å². The van der Waals surface area contributed by atoms with Gasteiger partial charge in [-0.25, -0.2) is 9.97 Å². The lowest BCUT2D eigenvalue weighted by Gasteiger charge is -2.35. The van der Waals surface area contributed by atoms with Crippen molar-refractivity contribution in [2.75, 3.05) is 45.4 Å². The lowest BCUT2D eigenvalue weighted by Crippen LogP contribution is -2.58. The van der Waals surface area contributed by atoms with E-state index in [0.717, 1.165) is 74.6 Å². The van der Waals surface area contributed by atoms with E-state index in [0.29, 0.717) is 32.6 Å². The van der Waals surface area contributed by atoms with Crippen LogP contribution in [-0.2, 0) is 19.1 Å². The first-order valence-corrected chi connectivity index (χ1v) is 21.5. The van der Waals surface area contributed by atoms with Gasteiger partial charge in [-0.05, 0) is 98.9 Å². The fraction of sp³-hybridized carbons (Fsp3) is 0.426. The van der Waals surface area contributed by atoms with Crippen LogP contribution in [0.2, 0.25) is 0 Å². The quantitative estimate of drug-likeness (QED) is 0.0898. The molecule has 59 heavy (non-hydrogen) atoms. The highest BCUT2D eigenvalue weighted by Gasteiger charge is 2.42. The molecule has 0 aliphatic carbocycles. The molecule has 3 heterocycles. The number of aromatic nitrogens is 2. The van der Waals surface area contributed by atoms with Crippen LogP contribution in [0, 0.1) is 12.3 Å². The van der Waals surface area contributed by atoms with Crippen LogP contribution in [-0.4, -0.2) is 85.1 Å². The number of ether oxygens (including phenoxy) is 2. The summed E-state index contributed by atoms with van der Waals surface area (Å²) in [4.78, 5) is 54.6. The zero-order valence-corrected chi connectivity index (χ0v) is 36.2. The second-order valence-electron chi connectivity index (χ2n) is 16.6. The monoisotopic (exact) mass is 818 g/mol. The average molecular weight is 819 g/mol. The molecule has 0 spiro atoms. The Morgan fingerprint density at radius 2 is 1.64 bits per heavy atom. The number of carbonyl (C=O) groups is 3. The Balaban J connectivity index is 0.903. The highest BCUT2D eigenvalue weighted by molar-refractivity contribution is 7.13. The molecule has 12 heteroatoms. The van der Waals surface area contributed by atoms with Crippen molar-refractivity contribution in [2.45, 2.75) is 84.8 Å². The maximum Gasteiger partial charge on any atom is 0.246 e. The van der Waals surface area contributed by atoms with Crippen molar-refractivity contribution in [1.29, 1.82) is 0 Å². The van der Waals surface area contributed by atoms with Crippen molar-refractivity contribution < 1.29 is 23.9 Å². The van der Waals surface area contributed by atoms with Crippen LogP contribution < -0.4 is 20.3 Å². The van der Waals surface area contributed by atoms with E-state index in [4.69, 9.17) is 14.5 Å². The number of anilines is 1. The topological polar surface area (TPSA) is 126 Å². The average Bonchev–Trinajstić information content (AvgIpc) is 3.90. The summed E-state index contributed by atoms with van der Waals surface area (Å²) < 4.78 is 11.7. The van der Waals surface area contributed by atoms with E-state index in [-0.39, 0.29) is 30.4 Å². The summed E-state index contributed by atoms with van der Waals surface area (Å²) in [6.45, 7) is 11.0. The molecule has 0 saturated carbocycles. The van der Waals surface area contributed by atoms with Crippen LogP contribution in [0.15, 0.2) is 84.4 Å². The predicted octanol–water partition coefficient (Wildman–Crippen LogP) is 8.36. The van der Waals surface area contributed by atoms with Gasteiger partial charge in [0, 0.05) is 43.9 Å². The van der Waals surface area contributed by atoms with Gasteiger partial charge in [-0.2, -0.15) is 0 Å². The summed E-state index contributed by atoms with van der Waals surface area (Å²) in [5, 5.41) is 7.07. The Morgan fingerprint density at radius 3 is 2.34 bits per heavy atom. The number of pyridine rings is 1. The lowest BCUT2D eigenvalue weighted by atomic mass is 9.85. The molecule has 1 unspecified atom stereocenters. The Labute approximate surface area is 352 Å². The molecule has 1 aliphatic rings. The Bertz CT molecular complexity index is 2200. The van der Waals surface area contributed by atoms with Crippen LogP contribution in [0.1, 0.15) is 77.1 Å². The summed E-state index contributed by atoms with van der Waals surface area (Å²) in [6, 6.07) is 24.9. The zero-order chi connectivity index (χ0) is 42.1. The standard InChI is InChI=1S/C47H58N6O5S/c1-31(33-13-15-35(16-14-33)43-32(2)48-30-59-43)49-45(55)41-12-11-25-53(41)46(56)44(47(3,4)5)51-42(54)29-57-26-9-8-10-27-58-38-22-24-40-36(28-38)19-23-39(50-40)34-17-20-37(21-18-34)52(6)7/h13-24,28,30-31,41,44H,8-12,25-27,29H2,1-7H3,(H,49,55)(H,51,54)/t31-,41-,44?/m0/s1. The van der Waals surface area contributed by atoms with Gasteiger partial charge in [-0.15, -0.1) is 11.3 Å². The molecule has 5 aromatic rings. The van der Waals surface area contributed by atoms with Gasteiger partial charge in [0.05, 0.1) is 39.9 Å². The van der Waals surface area contributed by atoms with E-state index in [9.17, 15) is 14.4 Å². The van der Waals surface area contributed by atoms with E-state index in [2.05, 4.69) is 50.8 Å². The summed E-state index contributed by atoms with van der Waals surface area (Å²) in [5.74, 6) is 0.00829. The minimum atomic E-state index is -0.808. The number of fused-ring (bicyclic) bond motifs is 1. The van der Waals surface area contributed by atoms with Crippen molar-refractivity contribution in [3.8, 4) is 27.4 Å². The molecule has 1 aliphatic heterocycles. The van der Waals surface area contributed by atoms with Gasteiger partial charge in [0.1, 0.15) is 24.4 Å². The fourth-order valence-corrected chi connectivity index (χ4v) is 8.15. The molecular formula is C47H58N6O5S. The van der Waals surface area contributed by atoms with E-state index in [1.54, 1.807) is 16.2 Å². The molecule has 3 amide bonds. The maximum absolute atomic E-state index is 14.0. The molecule has 3 atom stereocenters. The summed E-state index contributed by atoms with van der Waals surface area (Å²) >= 11 is 1.60. The molecule has 0 radical (unpaired) electrons. The first kappa shape index (κ1) is 43.3. The highest BCUT2D eigenvalue weighted by atomic mass is 32.1. The van der Waals surface area contributed by atoms with Crippen molar-refractivity contribution in [1.82, 2.24) is 25.5 Å². The van der Waals surface area contributed by atoms with Crippen LogP contribution >= 0.6 is 11.3 Å². The Morgan fingerprint density at radius 1 is 0.915 bits per heavy atom. The number of likely N-dealkylation sites (tertiary alicyclic amines) is 1. The van der Waals surface area contributed by atoms with E-state index in [1.807, 2.05) is 103 Å². The third-order valence-electron chi connectivity index (χ3n) is 10.8.